The third-order valence-corrected chi connectivity index (χ3v) is 2.25. The van der Waals surface area contributed by atoms with Crippen LogP contribution >= 0.6 is 0 Å². The second kappa shape index (κ2) is 11.8. The number of benzene rings is 2. The molecule has 2 heteroatoms. The number of rotatable bonds is 0. The number of nitrogens with zero attached hydrogens (tertiary/aromatic N) is 2. The molecule has 2 nitrogen and oxygen atoms in total. The van der Waals surface area contributed by atoms with Crippen LogP contribution in [0.25, 0.3) is 22.1 Å². The van der Waals surface area contributed by atoms with Gasteiger partial charge >= 0.3 is 0 Å². The molecular weight excluding hydrogens is 256 g/mol. The SMILES string of the molecule is CC.CC.CCC.c1ccc2nc3ccccc3nc2c1. The lowest BCUT2D eigenvalue weighted by Gasteiger charge is -1.98. The van der Waals surface area contributed by atoms with Gasteiger partial charge in [0.1, 0.15) is 0 Å². The second-order valence-electron chi connectivity index (χ2n) is 3.91. The average Bonchev–Trinajstić information content (AvgIpc) is 2.57. The van der Waals surface area contributed by atoms with Crippen LogP contribution in [0.5, 0.6) is 0 Å². The molecule has 0 aliphatic rings. The molecule has 1 aromatic heterocycles. The molecule has 2 aromatic carbocycles. The molecule has 0 unspecified atom stereocenters. The molecule has 0 radical (unpaired) electrons. The number of hydrogen-bond donors (Lipinski definition) is 0. The van der Waals surface area contributed by atoms with Gasteiger partial charge in [-0.25, -0.2) is 9.97 Å². The van der Waals surface area contributed by atoms with E-state index in [1.54, 1.807) is 0 Å². The van der Waals surface area contributed by atoms with E-state index in [4.69, 9.17) is 0 Å². The Kier molecular flexibility index (Phi) is 10.7. The normalized spacial score (nSPS) is 8.67. The zero-order valence-corrected chi connectivity index (χ0v) is 14.2. The fourth-order valence-corrected chi connectivity index (χ4v) is 1.57. The van der Waals surface area contributed by atoms with Crippen molar-refractivity contribution in [2.24, 2.45) is 0 Å². The summed E-state index contributed by atoms with van der Waals surface area (Å²) in [6, 6.07) is 15.8. The van der Waals surface area contributed by atoms with E-state index in [0.29, 0.717) is 0 Å². The zero-order chi connectivity index (χ0) is 16.1. The summed E-state index contributed by atoms with van der Waals surface area (Å²) in [5.41, 5.74) is 3.80. The predicted octanol–water partition coefficient (Wildman–Crippen LogP) is 6.25. The van der Waals surface area contributed by atoms with Gasteiger partial charge in [-0.2, -0.15) is 0 Å². The van der Waals surface area contributed by atoms with Crippen LogP contribution in [0.2, 0.25) is 0 Å². The maximum atomic E-state index is 4.52. The van der Waals surface area contributed by atoms with E-state index in [1.165, 1.54) is 6.42 Å². The van der Waals surface area contributed by atoms with Crippen molar-refractivity contribution < 1.29 is 0 Å². The average molecular weight is 284 g/mol. The van der Waals surface area contributed by atoms with E-state index in [2.05, 4.69) is 23.8 Å². The van der Waals surface area contributed by atoms with Gasteiger partial charge in [0.2, 0.25) is 0 Å². The largest absolute Gasteiger partial charge is 0.245 e. The van der Waals surface area contributed by atoms with Gasteiger partial charge in [0.05, 0.1) is 22.1 Å². The van der Waals surface area contributed by atoms with Crippen LogP contribution in [-0.4, -0.2) is 9.97 Å². The predicted molar refractivity (Wildman–Crippen MR) is 95.7 cm³/mol. The summed E-state index contributed by atoms with van der Waals surface area (Å²) in [6.45, 7) is 12.2. The second-order valence-corrected chi connectivity index (χ2v) is 3.91. The first kappa shape index (κ1) is 19.0. The van der Waals surface area contributed by atoms with Gasteiger partial charge in [0, 0.05) is 0 Å². The number of fused-ring (bicyclic) bond motifs is 2. The van der Waals surface area contributed by atoms with Crippen LogP contribution < -0.4 is 0 Å². The van der Waals surface area contributed by atoms with Crippen LogP contribution in [0.4, 0.5) is 0 Å². The van der Waals surface area contributed by atoms with E-state index in [1.807, 2.05) is 76.2 Å². The molecule has 0 amide bonds. The fraction of sp³-hybridized carbons (Fsp3) is 0.368. The summed E-state index contributed by atoms with van der Waals surface area (Å²) in [5.74, 6) is 0. The molecule has 0 fully saturated rings. The lowest BCUT2D eigenvalue weighted by atomic mass is 10.2. The summed E-state index contributed by atoms with van der Waals surface area (Å²) in [7, 11) is 0. The topological polar surface area (TPSA) is 25.8 Å². The molecule has 0 atom stereocenters. The molecule has 3 aromatic rings. The Hall–Kier alpha value is -1.96. The monoisotopic (exact) mass is 284 g/mol. The molecule has 0 N–H and O–H groups in total. The lowest BCUT2D eigenvalue weighted by Crippen LogP contribution is -1.85. The smallest absolute Gasteiger partial charge is 0.0894 e. The lowest BCUT2D eigenvalue weighted by molar-refractivity contribution is 1.09. The molecule has 0 bridgehead atoms. The molecule has 0 aliphatic carbocycles. The molecule has 21 heavy (non-hydrogen) atoms. The number of aromatic nitrogens is 2. The highest BCUT2D eigenvalue weighted by Gasteiger charge is 1.98. The van der Waals surface area contributed by atoms with Crippen molar-refractivity contribution in [3.05, 3.63) is 48.5 Å². The zero-order valence-electron chi connectivity index (χ0n) is 14.2. The van der Waals surface area contributed by atoms with Crippen molar-refractivity contribution in [2.45, 2.75) is 48.0 Å². The minimum atomic E-state index is 0.950. The Bertz CT molecular complexity index is 513. The molecule has 0 spiro atoms. The van der Waals surface area contributed by atoms with Crippen molar-refractivity contribution in [2.75, 3.05) is 0 Å². The Labute approximate surface area is 129 Å². The van der Waals surface area contributed by atoms with Crippen LogP contribution in [0, 0.1) is 0 Å². The highest BCUT2D eigenvalue weighted by Crippen LogP contribution is 2.14. The van der Waals surface area contributed by atoms with Crippen molar-refractivity contribution in [1.82, 2.24) is 9.97 Å². The molecular formula is C19H28N2. The van der Waals surface area contributed by atoms with Gasteiger partial charge in [-0.1, -0.05) is 72.2 Å². The van der Waals surface area contributed by atoms with Gasteiger partial charge in [0.25, 0.3) is 0 Å². The highest BCUT2D eigenvalue weighted by atomic mass is 14.8. The van der Waals surface area contributed by atoms with Gasteiger partial charge in [-0.3, -0.25) is 0 Å². The van der Waals surface area contributed by atoms with E-state index in [0.717, 1.165) is 22.1 Å². The van der Waals surface area contributed by atoms with E-state index < -0.39 is 0 Å². The molecule has 0 aliphatic heterocycles. The minimum Gasteiger partial charge on any atom is -0.245 e. The summed E-state index contributed by atoms with van der Waals surface area (Å²) in [6.07, 6.45) is 1.25. The van der Waals surface area contributed by atoms with Crippen molar-refractivity contribution in [1.29, 1.82) is 0 Å². The molecule has 114 valence electrons. The van der Waals surface area contributed by atoms with E-state index >= 15 is 0 Å². The maximum Gasteiger partial charge on any atom is 0.0894 e. The summed E-state index contributed by atoms with van der Waals surface area (Å²) in [4.78, 5) is 9.03. The Morgan fingerprint density at radius 2 is 0.762 bits per heavy atom. The first-order chi connectivity index (χ1) is 10.3. The summed E-state index contributed by atoms with van der Waals surface area (Å²) >= 11 is 0. The number of hydrogen-bond acceptors (Lipinski definition) is 2. The van der Waals surface area contributed by atoms with Crippen molar-refractivity contribution >= 4 is 22.1 Å². The highest BCUT2D eigenvalue weighted by molar-refractivity contribution is 5.85. The van der Waals surface area contributed by atoms with Crippen molar-refractivity contribution in [3.8, 4) is 0 Å². The first-order valence-corrected chi connectivity index (χ1v) is 7.96. The summed E-state index contributed by atoms with van der Waals surface area (Å²) in [5, 5.41) is 0. The van der Waals surface area contributed by atoms with Crippen LogP contribution in [0.15, 0.2) is 48.5 Å². The quantitative estimate of drug-likeness (QED) is 0.456. The standard InChI is InChI=1S/C12H8N2.C3H8.2C2H6/c1-2-6-10-9(5-1)13-11-7-3-4-8-12(11)14-10;1-3-2;2*1-2/h1-8H;3H2,1-2H3;2*1-2H3. The Morgan fingerprint density at radius 1 is 0.571 bits per heavy atom. The van der Waals surface area contributed by atoms with Gasteiger partial charge < -0.3 is 0 Å². The fourth-order valence-electron chi connectivity index (χ4n) is 1.57. The van der Waals surface area contributed by atoms with Crippen LogP contribution in [0.1, 0.15) is 48.0 Å². The molecule has 3 rings (SSSR count). The third kappa shape index (κ3) is 5.90. The van der Waals surface area contributed by atoms with Crippen LogP contribution in [0.3, 0.4) is 0 Å². The van der Waals surface area contributed by atoms with Gasteiger partial charge in [-0.05, 0) is 24.3 Å². The number of para-hydroxylation sites is 4. The van der Waals surface area contributed by atoms with E-state index in [-0.39, 0.29) is 0 Å². The molecule has 0 saturated heterocycles. The summed E-state index contributed by atoms with van der Waals surface area (Å²) < 4.78 is 0. The Balaban J connectivity index is 0.000000500. The van der Waals surface area contributed by atoms with Gasteiger partial charge in [-0.15, -0.1) is 0 Å². The van der Waals surface area contributed by atoms with Crippen LogP contribution in [-0.2, 0) is 0 Å². The van der Waals surface area contributed by atoms with Crippen molar-refractivity contribution in [3.63, 3.8) is 0 Å². The van der Waals surface area contributed by atoms with Gasteiger partial charge in [0.15, 0.2) is 0 Å². The first-order valence-electron chi connectivity index (χ1n) is 7.96. The maximum absolute atomic E-state index is 4.52. The Morgan fingerprint density at radius 3 is 0.952 bits per heavy atom. The third-order valence-electron chi connectivity index (χ3n) is 2.25. The molecule has 0 saturated carbocycles. The van der Waals surface area contributed by atoms with E-state index in [9.17, 15) is 0 Å². The molecule has 1 heterocycles. The minimum absolute atomic E-state index is 0.950.